The number of amides is 1. The van der Waals surface area contributed by atoms with Crippen LogP contribution in [0, 0.1) is 5.92 Å². The van der Waals surface area contributed by atoms with E-state index < -0.39 is 5.97 Å². The Hall–Kier alpha value is -1.36. The van der Waals surface area contributed by atoms with Gasteiger partial charge in [0.2, 0.25) is 5.91 Å². The number of carbonyl (C=O) groups is 2. The Bertz CT molecular complexity index is 387. The highest BCUT2D eigenvalue weighted by atomic mass is 32.1. The third kappa shape index (κ3) is 5.31. The number of carbonyl (C=O) groups excluding carboxylic acids is 1. The highest BCUT2D eigenvalue weighted by Crippen LogP contribution is 2.12. The molecule has 1 heterocycles. The van der Waals surface area contributed by atoms with Crippen LogP contribution in [0.3, 0.4) is 0 Å². The molecule has 4 nitrogen and oxygen atoms in total. The molecule has 1 rings (SSSR count). The maximum Gasteiger partial charge on any atom is 0.305 e. The maximum atomic E-state index is 12.1. The molecule has 1 N–H and O–H groups in total. The van der Waals surface area contributed by atoms with Gasteiger partial charge in [-0.1, -0.05) is 19.9 Å². The summed E-state index contributed by atoms with van der Waals surface area (Å²) in [5.41, 5.74) is 0. The van der Waals surface area contributed by atoms with Gasteiger partial charge < -0.3 is 10.0 Å². The monoisotopic (exact) mass is 269 g/mol. The van der Waals surface area contributed by atoms with Crippen LogP contribution in [-0.2, 0) is 16.0 Å². The predicted octanol–water partition coefficient (Wildman–Crippen LogP) is 2.25. The van der Waals surface area contributed by atoms with E-state index in [0.29, 0.717) is 18.9 Å². The third-order valence-electron chi connectivity index (χ3n) is 2.44. The molecule has 0 spiro atoms. The molecule has 1 amide bonds. The van der Waals surface area contributed by atoms with Gasteiger partial charge >= 0.3 is 5.97 Å². The summed E-state index contributed by atoms with van der Waals surface area (Å²) in [6, 6.07) is 3.84. The van der Waals surface area contributed by atoms with Crippen LogP contribution in [0.15, 0.2) is 17.5 Å². The van der Waals surface area contributed by atoms with Gasteiger partial charge in [0, 0.05) is 18.0 Å². The van der Waals surface area contributed by atoms with Crippen molar-refractivity contribution < 1.29 is 14.7 Å². The topological polar surface area (TPSA) is 57.6 Å². The molecule has 0 atom stereocenters. The molecule has 0 saturated carbocycles. The Morgan fingerprint density at radius 1 is 1.44 bits per heavy atom. The number of thiophene rings is 1. The number of nitrogens with zero attached hydrogens (tertiary/aromatic N) is 1. The summed E-state index contributed by atoms with van der Waals surface area (Å²) >= 11 is 1.55. The summed E-state index contributed by atoms with van der Waals surface area (Å²) in [7, 11) is 0. The highest BCUT2D eigenvalue weighted by Gasteiger charge is 2.16. The lowest BCUT2D eigenvalue weighted by Crippen LogP contribution is -2.36. The number of rotatable bonds is 7. The van der Waals surface area contributed by atoms with Crippen LogP contribution in [0.2, 0.25) is 0 Å². The molecular weight excluding hydrogens is 250 g/mol. The average Bonchev–Trinajstić information content (AvgIpc) is 2.76. The lowest BCUT2D eigenvalue weighted by molar-refractivity contribution is -0.138. The molecule has 100 valence electrons. The van der Waals surface area contributed by atoms with Crippen molar-refractivity contribution in [1.29, 1.82) is 0 Å². The first-order valence-corrected chi connectivity index (χ1v) is 6.89. The molecule has 0 aliphatic carbocycles. The molecule has 5 heteroatoms. The summed E-state index contributed by atoms with van der Waals surface area (Å²) in [5.74, 6) is -0.522. The first kappa shape index (κ1) is 14.7. The standard InChI is InChI=1S/C13H19NO3S/c1-10(2)9-14(6-5-13(16)17)12(15)8-11-4-3-7-18-11/h3-4,7,10H,5-6,8-9H2,1-2H3,(H,16,17). The first-order valence-electron chi connectivity index (χ1n) is 6.01. The molecule has 0 bridgehead atoms. The number of carboxylic acids is 1. The van der Waals surface area contributed by atoms with E-state index in [-0.39, 0.29) is 18.9 Å². The van der Waals surface area contributed by atoms with Crippen molar-refractivity contribution in [2.45, 2.75) is 26.7 Å². The summed E-state index contributed by atoms with van der Waals surface area (Å²) < 4.78 is 0. The zero-order valence-corrected chi connectivity index (χ0v) is 11.6. The normalized spacial score (nSPS) is 10.6. The summed E-state index contributed by atoms with van der Waals surface area (Å²) in [6.07, 6.45) is 0.368. The van der Waals surface area contributed by atoms with Crippen LogP contribution in [0.25, 0.3) is 0 Å². The van der Waals surface area contributed by atoms with Crippen molar-refractivity contribution in [3.8, 4) is 0 Å². The Labute approximate surface area is 111 Å². The molecule has 0 radical (unpaired) electrons. The van der Waals surface area contributed by atoms with Crippen LogP contribution in [-0.4, -0.2) is 35.0 Å². The Balaban J connectivity index is 2.57. The lowest BCUT2D eigenvalue weighted by atomic mass is 10.2. The average molecular weight is 269 g/mol. The van der Waals surface area contributed by atoms with E-state index in [9.17, 15) is 9.59 Å². The number of hydrogen-bond donors (Lipinski definition) is 1. The number of hydrogen-bond acceptors (Lipinski definition) is 3. The molecule has 0 fully saturated rings. The summed E-state index contributed by atoms with van der Waals surface area (Å²) in [6.45, 7) is 4.94. The van der Waals surface area contributed by atoms with Gasteiger partial charge in [-0.15, -0.1) is 11.3 Å². The van der Waals surface area contributed by atoms with Gasteiger partial charge in [0.15, 0.2) is 0 Å². The van der Waals surface area contributed by atoms with Crippen molar-refractivity contribution in [2.75, 3.05) is 13.1 Å². The van der Waals surface area contributed by atoms with Crippen LogP contribution < -0.4 is 0 Å². The Kier molecular flexibility index (Phi) is 5.85. The van der Waals surface area contributed by atoms with Gasteiger partial charge in [0.1, 0.15) is 0 Å². The van der Waals surface area contributed by atoms with Gasteiger partial charge in [0.25, 0.3) is 0 Å². The van der Waals surface area contributed by atoms with Crippen LogP contribution in [0.4, 0.5) is 0 Å². The predicted molar refractivity (Wildman–Crippen MR) is 71.7 cm³/mol. The quantitative estimate of drug-likeness (QED) is 0.826. The fraction of sp³-hybridized carbons (Fsp3) is 0.538. The fourth-order valence-electron chi connectivity index (χ4n) is 1.66. The first-order chi connectivity index (χ1) is 8.49. The number of aliphatic carboxylic acids is 1. The van der Waals surface area contributed by atoms with E-state index in [1.165, 1.54) is 0 Å². The minimum atomic E-state index is -0.868. The van der Waals surface area contributed by atoms with Crippen molar-refractivity contribution in [1.82, 2.24) is 4.90 Å². The van der Waals surface area contributed by atoms with Crippen molar-refractivity contribution >= 4 is 23.2 Å². The minimum absolute atomic E-state index is 0.00288. The van der Waals surface area contributed by atoms with E-state index in [2.05, 4.69) is 0 Å². The summed E-state index contributed by atoms with van der Waals surface area (Å²) in [5, 5.41) is 10.6. The van der Waals surface area contributed by atoms with Crippen LogP contribution in [0.5, 0.6) is 0 Å². The van der Waals surface area contributed by atoms with E-state index in [1.807, 2.05) is 31.4 Å². The molecular formula is C13H19NO3S. The second-order valence-corrected chi connectivity index (χ2v) is 5.67. The minimum Gasteiger partial charge on any atom is -0.481 e. The van der Waals surface area contributed by atoms with E-state index in [4.69, 9.17) is 5.11 Å². The van der Waals surface area contributed by atoms with Gasteiger partial charge in [-0.25, -0.2) is 0 Å². The van der Waals surface area contributed by atoms with Gasteiger partial charge in [-0.2, -0.15) is 0 Å². The Morgan fingerprint density at radius 2 is 2.17 bits per heavy atom. The fourth-order valence-corrected chi connectivity index (χ4v) is 2.36. The number of carboxylic acid groups (broad SMARTS) is 1. The highest BCUT2D eigenvalue weighted by molar-refractivity contribution is 7.10. The molecule has 0 aliphatic heterocycles. The molecule has 0 saturated heterocycles. The third-order valence-corrected chi connectivity index (χ3v) is 3.32. The molecule has 0 aromatic carbocycles. The van der Waals surface area contributed by atoms with Gasteiger partial charge in [0.05, 0.1) is 12.8 Å². The zero-order valence-electron chi connectivity index (χ0n) is 10.8. The molecule has 18 heavy (non-hydrogen) atoms. The SMILES string of the molecule is CC(C)CN(CCC(=O)O)C(=O)Cc1cccs1. The smallest absolute Gasteiger partial charge is 0.305 e. The molecule has 0 aliphatic rings. The lowest BCUT2D eigenvalue weighted by Gasteiger charge is -2.23. The molecule has 1 aromatic heterocycles. The molecule has 1 aromatic rings. The molecule has 0 unspecified atom stereocenters. The Morgan fingerprint density at radius 3 is 2.67 bits per heavy atom. The maximum absolute atomic E-state index is 12.1. The van der Waals surface area contributed by atoms with E-state index >= 15 is 0 Å². The van der Waals surface area contributed by atoms with Gasteiger partial charge in [-0.3, -0.25) is 9.59 Å². The van der Waals surface area contributed by atoms with E-state index in [1.54, 1.807) is 16.2 Å². The zero-order chi connectivity index (χ0) is 13.5. The van der Waals surface area contributed by atoms with Crippen molar-refractivity contribution in [2.24, 2.45) is 5.92 Å². The van der Waals surface area contributed by atoms with Crippen molar-refractivity contribution in [3.05, 3.63) is 22.4 Å². The van der Waals surface area contributed by atoms with Crippen LogP contribution in [0.1, 0.15) is 25.1 Å². The summed E-state index contributed by atoms with van der Waals surface area (Å²) in [4.78, 5) is 25.4. The van der Waals surface area contributed by atoms with Crippen LogP contribution >= 0.6 is 11.3 Å². The van der Waals surface area contributed by atoms with Gasteiger partial charge in [-0.05, 0) is 17.4 Å². The van der Waals surface area contributed by atoms with Crippen molar-refractivity contribution in [3.63, 3.8) is 0 Å². The van der Waals surface area contributed by atoms with E-state index in [0.717, 1.165) is 4.88 Å². The second kappa shape index (κ2) is 7.16. The largest absolute Gasteiger partial charge is 0.481 e. The second-order valence-electron chi connectivity index (χ2n) is 4.63.